The van der Waals surface area contributed by atoms with Gasteiger partial charge in [0.15, 0.2) is 0 Å². The Labute approximate surface area is 117 Å². The molecular formula is C13H29N2O3Si+. The van der Waals surface area contributed by atoms with E-state index in [0.717, 1.165) is 73.9 Å². The summed E-state index contributed by atoms with van der Waals surface area (Å²) in [7, 11) is -3.21. The molecule has 0 aromatic carbocycles. The number of rotatable bonds is 5. The van der Waals surface area contributed by atoms with Crippen molar-refractivity contribution in [1.29, 1.82) is 0 Å². The minimum atomic E-state index is -3.21. The molecule has 0 unspecified atom stereocenters. The van der Waals surface area contributed by atoms with Gasteiger partial charge in [-0.15, -0.1) is 0 Å². The molecule has 3 fully saturated rings. The van der Waals surface area contributed by atoms with Gasteiger partial charge in [0.25, 0.3) is 0 Å². The Morgan fingerprint density at radius 2 is 1.26 bits per heavy atom. The van der Waals surface area contributed by atoms with Gasteiger partial charge >= 0.3 is 116 Å². The first kappa shape index (κ1) is 14.0. The minimum absolute atomic E-state index is 0.824. The summed E-state index contributed by atoms with van der Waals surface area (Å²) in [5.74, 6) is 0. The molecule has 0 bridgehead atoms. The van der Waals surface area contributed by atoms with Crippen LogP contribution < -0.4 is 0 Å². The van der Waals surface area contributed by atoms with E-state index in [4.69, 9.17) is 13.3 Å². The van der Waals surface area contributed by atoms with E-state index in [1.54, 1.807) is 0 Å². The molecule has 3 heterocycles. The van der Waals surface area contributed by atoms with Gasteiger partial charge in [-0.2, -0.15) is 0 Å². The summed E-state index contributed by atoms with van der Waals surface area (Å²) < 4.78 is 21.3. The van der Waals surface area contributed by atoms with Crippen LogP contribution in [0.5, 0.6) is 0 Å². The van der Waals surface area contributed by atoms with E-state index >= 15 is 0 Å². The van der Waals surface area contributed by atoms with Gasteiger partial charge in [-0.1, -0.05) is 0 Å². The molecule has 0 aliphatic carbocycles. The van der Waals surface area contributed by atoms with Crippen molar-refractivity contribution >= 4 is 8.24 Å². The third-order valence-electron chi connectivity index (χ3n) is 6.25. The van der Waals surface area contributed by atoms with E-state index < -0.39 is 8.24 Å². The van der Waals surface area contributed by atoms with Gasteiger partial charge in [0, 0.05) is 0 Å². The Hall–Kier alpha value is 0.0169. The molecule has 3 aliphatic rings. The van der Waals surface area contributed by atoms with Crippen LogP contribution in [0.4, 0.5) is 0 Å². The molecule has 0 aromatic heterocycles. The Balaban J connectivity index is 2.01. The van der Waals surface area contributed by atoms with E-state index in [9.17, 15) is 0 Å². The Morgan fingerprint density at radius 1 is 0.842 bits per heavy atom. The predicted octanol–water partition coefficient (Wildman–Crippen LogP) is 0.699. The maximum atomic E-state index is 6.39. The molecule has 112 valence electrons. The van der Waals surface area contributed by atoms with Crippen molar-refractivity contribution in [1.82, 2.24) is 0 Å². The molecule has 5 nitrogen and oxygen atoms in total. The Kier molecular flexibility index (Phi) is 3.13. The first-order chi connectivity index (χ1) is 9.08. The Morgan fingerprint density at radius 3 is 1.63 bits per heavy atom. The molecule has 0 N–H and O–H groups in total. The van der Waals surface area contributed by atoms with Gasteiger partial charge < -0.3 is 0 Å². The van der Waals surface area contributed by atoms with E-state index in [0.29, 0.717) is 0 Å². The van der Waals surface area contributed by atoms with Gasteiger partial charge in [-0.3, -0.25) is 0 Å². The summed E-state index contributed by atoms with van der Waals surface area (Å²) in [5.41, 5.74) is 0. The third-order valence-corrected chi connectivity index (χ3v) is 12.3. The van der Waals surface area contributed by atoms with Crippen LogP contribution in [0.3, 0.4) is 0 Å². The molecule has 0 aromatic rings. The predicted molar refractivity (Wildman–Crippen MR) is 75.2 cm³/mol. The van der Waals surface area contributed by atoms with E-state index in [1.165, 1.54) is 0 Å². The van der Waals surface area contributed by atoms with E-state index in [1.807, 2.05) is 0 Å². The summed E-state index contributed by atoms with van der Waals surface area (Å²) in [6.07, 6.45) is 0.976. The fraction of sp³-hybridized carbons (Fsp3) is 1.00. The van der Waals surface area contributed by atoms with Crippen molar-refractivity contribution in [3.63, 3.8) is 0 Å². The molecule has 19 heavy (non-hydrogen) atoms. The zero-order valence-electron chi connectivity index (χ0n) is 12.7. The van der Waals surface area contributed by atoms with Crippen molar-refractivity contribution in [2.75, 3.05) is 65.3 Å². The molecule has 0 spiro atoms. The number of hydrogen-bond donors (Lipinski definition) is 0. The number of quaternary nitrogens is 2. The molecule has 6 heteroatoms. The average molecular weight is 289 g/mol. The zero-order chi connectivity index (χ0) is 13.6. The molecule has 0 saturated carbocycles. The van der Waals surface area contributed by atoms with Crippen LogP contribution in [0.1, 0.15) is 20.8 Å². The van der Waals surface area contributed by atoms with Crippen molar-refractivity contribution in [2.24, 2.45) is 0 Å². The van der Waals surface area contributed by atoms with Crippen molar-refractivity contribution in [3.05, 3.63) is 0 Å². The molecule has 0 amide bonds. The maximum absolute atomic E-state index is 6.39. The van der Waals surface area contributed by atoms with Gasteiger partial charge in [0.2, 0.25) is 0 Å². The van der Waals surface area contributed by atoms with Crippen LogP contribution in [0.15, 0.2) is 0 Å². The second-order valence-corrected chi connectivity index (χ2v) is 10.8. The summed E-state index contributed by atoms with van der Waals surface area (Å²) in [6.45, 7) is 16.0. The Bertz CT molecular complexity index is 333. The molecule has 3 rings (SSSR count). The van der Waals surface area contributed by atoms with Crippen LogP contribution in [0.2, 0.25) is 0 Å². The molecule has 3 aliphatic heterocycles. The molecule has 0 atom stereocenters. The molecule has 3 saturated heterocycles. The van der Waals surface area contributed by atoms with Gasteiger partial charge in [-0.25, -0.2) is 0 Å². The van der Waals surface area contributed by atoms with Crippen molar-refractivity contribution in [2.45, 2.75) is 20.8 Å². The fourth-order valence-electron chi connectivity index (χ4n) is 4.64. The second-order valence-electron chi connectivity index (χ2n) is 6.42. The van der Waals surface area contributed by atoms with Crippen LogP contribution in [-0.2, 0) is 13.3 Å². The first-order valence-electron chi connectivity index (χ1n) is 7.89. The van der Waals surface area contributed by atoms with Crippen LogP contribution >= 0.6 is 0 Å². The number of nitrogens with zero attached hydrogens (tertiary/aromatic N) is 2. The standard InChI is InChI=1S/C13H29N2O3Si/c1-4-14(5-2,6-3)13-19-15(7-10-16-19,8-11-17-19)9-12-18-19/h4-13H2,1-3H3/q+1. The fourth-order valence-corrected chi connectivity index (χ4v) is 11.1. The average Bonchev–Trinajstić information content (AvgIpc) is 2.95. The second kappa shape index (κ2) is 4.25. The SMILES string of the molecule is CC[N+](CC)(CC)C[Si-]123OCC[N+]1(CCO2)CCO3. The third kappa shape index (κ3) is 1.53. The summed E-state index contributed by atoms with van der Waals surface area (Å²) >= 11 is 0. The van der Waals surface area contributed by atoms with Crippen molar-refractivity contribution < 1.29 is 21.9 Å². The van der Waals surface area contributed by atoms with Gasteiger partial charge in [-0.05, 0) is 0 Å². The first-order valence-corrected chi connectivity index (χ1v) is 10.3. The van der Waals surface area contributed by atoms with Crippen molar-refractivity contribution in [3.8, 4) is 0 Å². The quantitative estimate of drug-likeness (QED) is 0.551. The number of hydrogen-bond acceptors (Lipinski definition) is 3. The normalized spacial score (nSPS) is 37.5. The van der Waals surface area contributed by atoms with Crippen LogP contribution in [0, 0.1) is 0 Å². The van der Waals surface area contributed by atoms with Gasteiger partial charge in [0.1, 0.15) is 0 Å². The molecule has 0 radical (unpaired) electrons. The van der Waals surface area contributed by atoms with Crippen LogP contribution in [-0.4, -0.2) is 82.1 Å². The topological polar surface area (TPSA) is 27.7 Å². The van der Waals surface area contributed by atoms with Gasteiger partial charge in [0.05, 0.1) is 0 Å². The summed E-state index contributed by atoms with van der Waals surface area (Å²) in [4.78, 5) is 0. The van der Waals surface area contributed by atoms with Crippen LogP contribution in [0.25, 0.3) is 0 Å². The monoisotopic (exact) mass is 289 g/mol. The van der Waals surface area contributed by atoms with E-state index in [2.05, 4.69) is 20.8 Å². The summed E-state index contributed by atoms with van der Waals surface area (Å²) in [6, 6.07) is 0. The van der Waals surface area contributed by atoms with E-state index in [-0.39, 0.29) is 0 Å². The zero-order valence-corrected chi connectivity index (χ0v) is 13.7. The molecular weight excluding hydrogens is 260 g/mol. The summed E-state index contributed by atoms with van der Waals surface area (Å²) in [5, 5.41) is 0.